The van der Waals surface area contributed by atoms with Crippen molar-refractivity contribution >= 4 is 17.5 Å². The normalized spacial score (nSPS) is 14.4. The number of piperazine rings is 1. The molecule has 1 aliphatic rings. The molecule has 1 fully saturated rings. The lowest BCUT2D eigenvalue weighted by Gasteiger charge is -2.35. The second-order valence-corrected chi connectivity index (χ2v) is 7.19. The van der Waals surface area contributed by atoms with Gasteiger partial charge < -0.3 is 15.0 Å². The number of carbonyl (C=O) groups excluding carboxylic acids is 1. The van der Waals surface area contributed by atoms with E-state index < -0.39 is 0 Å². The van der Waals surface area contributed by atoms with Gasteiger partial charge in [-0.25, -0.2) is 9.97 Å². The number of amides is 1. The van der Waals surface area contributed by atoms with Crippen molar-refractivity contribution in [1.82, 2.24) is 14.9 Å². The number of rotatable bonds is 6. The van der Waals surface area contributed by atoms with Crippen LogP contribution < -0.4 is 15.0 Å². The Hall–Kier alpha value is -3.45. The fourth-order valence-electron chi connectivity index (χ4n) is 3.50. The van der Waals surface area contributed by atoms with Crippen molar-refractivity contribution in [2.45, 2.75) is 6.54 Å². The third-order valence-corrected chi connectivity index (χ3v) is 5.19. The number of benzene rings is 2. The lowest BCUT2D eigenvalue weighted by atomic mass is 10.2. The summed E-state index contributed by atoms with van der Waals surface area (Å²) in [5.74, 6) is 1.82. The molecule has 4 rings (SSSR count). The second kappa shape index (κ2) is 9.37. The zero-order valence-corrected chi connectivity index (χ0v) is 17.0. The predicted octanol–water partition coefficient (Wildman–Crippen LogP) is 3.06. The number of nitrogens with one attached hydrogen (secondary N) is 1. The maximum atomic E-state index is 12.5. The summed E-state index contributed by atoms with van der Waals surface area (Å²) < 4.78 is 5.13. The van der Waals surface area contributed by atoms with Gasteiger partial charge in [0.1, 0.15) is 23.7 Å². The zero-order chi connectivity index (χ0) is 20.8. The molecule has 7 nitrogen and oxygen atoms in total. The summed E-state index contributed by atoms with van der Waals surface area (Å²) in [5.41, 5.74) is 1.88. The minimum Gasteiger partial charge on any atom is -0.497 e. The van der Waals surface area contributed by atoms with Crippen molar-refractivity contribution in [3.05, 3.63) is 78.1 Å². The van der Waals surface area contributed by atoms with Crippen LogP contribution in [0.5, 0.6) is 5.75 Å². The lowest BCUT2D eigenvalue weighted by molar-refractivity contribution is 0.102. The smallest absolute Gasteiger partial charge is 0.256 e. The largest absolute Gasteiger partial charge is 0.497 e. The molecule has 7 heteroatoms. The molecule has 1 N–H and O–H groups in total. The number of hydrogen-bond acceptors (Lipinski definition) is 6. The molecule has 154 valence electrons. The standard InChI is InChI=1S/C23H25N5O2/c1-30-20-9-7-19(8-10-20)23(29)26-21-15-22(25-17-24-21)28-13-11-27(12-14-28)16-18-5-3-2-4-6-18/h2-10,15,17H,11-14,16H2,1H3,(H,24,25,26,29). The molecule has 1 amide bonds. The van der Waals surface area contributed by atoms with E-state index in [0.717, 1.165) is 38.5 Å². The average molecular weight is 403 g/mol. The predicted molar refractivity (Wildman–Crippen MR) is 117 cm³/mol. The van der Waals surface area contributed by atoms with Gasteiger partial charge in [-0.2, -0.15) is 0 Å². The summed E-state index contributed by atoms with van der Waals surface area (Å²) in [7, 11) is 1.60. The first kappa shape index (κ1) is 19.8. The van der Waals surface area contributed by atoms with E-state index in [1.807, 2.05) is 12.1 Å². The van der Waals surface area contributed by atoms with Gasteiger partial charge >= 0.3 is 0 Å². The number of carbonyl (C=O) groups is 1. The molecule has 0 aliphatic carbocycles. The quantitative estimate of drug-likeness (QED) is 0.682. The highest BCUT2D eigenvalue weighted by atomic mass is 16.5. The van der Waals surface area contributed by atoms with E-state index in [1.165, 1.54) is 11.9 Å². The Labute approximate surface area is 176 Å². The summed E-state index contributed by atoms with van der Waals surface area (Å²) in [6.07, 6.45) is 1.50. The van der Waals surface area contributed by atoms with Gasteiger partial charge in [-0.3, -0.25) is 9.69 Å². The van der Waals surface area contributed by atoms with Crippen molar-refractivity contribution < 1.29 is 9.53 Å². The van der Waals surface area contributed by atoms with Crippen LogP contribution in [0.3, 0.4) is 0 Å². The van der Waals surface area contributed by atoms with Crippen molar-refractivity contribution in [1.29, 1.82) is 0 Å². The summed E-state index contributed by atoms with van der Waals surface area (Å²) in [6.45, 7) is 4.66. The monoisotopic (exact) mass is 403 g/mol. The molecular weight excluding hydrogens is 378 g/mol. The maximum absolute atomic E-state index is 12.5. The van der Waals surface area contributed by atoms with Crippen LogP contribution in [-0.4, -0.2) is 54.1 Å². The number of ether oxygens (including phenoxy) is 1. The summed E-state index contributed by atoms with van der Waals surface area (Å²) in [6, 6.07) is 19.3. The molecule has 0 unspecified atom stereocenters. The van der Waals surface area contributed by atoms with E-state index in [1.54, 1.807) is 31.4 Å². The molecule has 0 bridgehead atoms. The zero-order valence-electron chi connectivity index (χ0n) is 17.0. The molecule has 2 heterocycles. The van der Waals surface area contributed by atoms with Crippen molar-refractivity contribution in [2.24, 2.45) is 0 Å². The number of hydrogen-bond donors (Lipinski definition) is 1. The highest BCUT2D eigenvalue weighted by Gasteiger charge is 2.19. The number of aromatic nitrogens is 2. The third-order valence-electron chi connectivity index (χ3n) is 5.19. The fraction of sp³-hybridized carbons (Fsp3) is 0.261. The van der Waals surface area contributed by atoms with Crippen LogP contribution in [0.1, 0.15) is 15.9 Å². The average Bonchev–Trinajstić information content (AvgIpc) is 2.80. The van der Waals surface area contributed by atoms with Gasteiger partial charge in [0.2, 0.25) is 0 Å². The van der Waals surface area contributed by atoms with Gasteiger partial charge in [-0.05, 0) is 29.8 Å². The third kappa shape index (κ3) is 4.93. The highest BCUT2D eigenvalue weighted by molar-refractivity contribution is 6.03. The van der Waals surface area contributed by atoms with E-state index in [4.69, 9.17) is 4.74 Å². The first-order chi connectivity index (χ1) is 14.7. The number of nitrogens with zero attached hydrogens (tertiary/aromatic N) is 4. The topological polar surface area (TPSA) is 70.6 Å². The van der Waals surface area contributed by atoms with Gasteiger partial charge in [0, 0.05) is 44.4 Å². The minimum absolute atomic E-state index is 0.213. The molecule has 0 saturated carbocycles. The minimum atomic E-state index is -0.213. The molecule has 2 aromatic carbocycles. The van der Waals surface area contributed by atoms with E-state index in [9.17, 15) is 4.79 Å². The van der Waals surface area contributed by atoms with Crippen LogP contribution in [-0.2, 0) is 6.54 Å². The SMILES string of the molecule is COc1ccc(C(=O)Nc2cc(N3CCN(Cc4ccccc4)CC3)ncn2)cc1. The fourth-order valence-corrected chi connectivity index (χ4v) is 3.50. The van der Waals surface area contributed by atoms with E-state index in [2.05, 4.69) is 49.4 Å². The van der Waals surface area contributed by atoms with Crippen LogP contribution in [0.4, 0.5) is 11.6 Å². The van der Waals surface area contributed by atoms with Gasteiger partial charge in [-0.15, -0.1) is 0 Å². The van der Waals surface area contributed by atoms with Crippen LogP contribution in [0.15, 0.2) is 67.0 Å². The van der Waals surface area contributed by atoms with Crippen LogP contribution >= 0.6 is 0 Å². The van der Waals surface area contributed by atoms with E-state index in [0.29, 0.717) is 17.1 Å². The van der Waals surface area contributed by atoms with Crippen LogP contribution in [0, 0.1) is 0 Å². The van der Waals surface area contributed by atoms with Crippen molar-refractivity contribution in [3.63, 3.8) is 0 Å². The first-order valence-corrected chi connectivity index (χ1v) is 10.00. The summed E-state index contributed by atoms with van der Waals surface area (Å²) in [4.78, 5) is 25.8. The van der Waals surface area contributed by atoms with E-state index >= 15 is 0 Å². The maximum Gasteiger partial charge on any atom is 0.256 e. The molecule has 1 aliphatic heterocycles. The molecule has 3 aromatic rings. The van der Waals surface area contributed by atoms with Crippen molar-refractivity contribution in [3.8, 4) is 5.75 Å². The number of anilines is 2. The molecule has 30 heavy (non-hydrogen) atoms. The Morgan fingerprint density at radius 1 is 1.00 bits per heavy atom. The van der Waals surface area contributed by atoms with Crippen LogP contribution in [0.25, 0.3) is 0 Å². The van der Waals surface area contributed by atoms with Gasteiger partial charge in [0.15, 0.2) is 0 Å². The Kier molecular flexibility index (Phi) is 6.20. The second-order valence-electron chi connectivity index (χ2n) is 7.19. The highest BCUT2D eigenvalue weighted by Crippen LogP contribution is 2.18. The molecular formula is C23H25N5O2. The molecule has 1 saturated heterocycles. The summed E-state index contributed by atoms with van der Waals surface area (Å²) >= 11 is 0. The number of methoxy groups -OCH3 is 1. The van der Waals surface area contributed by atoms with Gasteiger partial charge in [0.05, 0.1) is 7.11 Å². The van der Waals surface area contributed by atoms with E-state index in [-0.39, 0.29) is 5.91 Å². The Morgan fingerprint density at radius 2 is 1.73 bits per heavy atom. The van der Waals surface area contributed by atoms with Gasteiger partial charge in [0.25, 0.3) is 5.91 Å². The Balaban J connectivity index is 1.34. The molecule has 0 radical (unpaired) electrons. The Morgan fingerprint density at radius 3 is 2.43 bits per heavy atom. The summed E-state index contributed by atoms with van der Waals surface area (Å²) in [5, 5.41) is 2.85. The van der Waals surface area contributed by atoms with Gasteiger partial charge in [-0.1, -0.05) is 30.3 Å². The first-order valence-electron chi connectivity index (χ1n) is 10.00. The molecule has 0 spiro atoms. The molecule has 0 atom stereocenters. The van der Waals surface area contributed by atoms with Crippen LogP contribution in [0.2, 0.25) is 0 Å². The Bertz CT molecular complexity index is 970. The lowest BCUT2D eigenvalue weighted by Crippen LogP contribution is -2.46. The molecule has 1 aromatic heterocycles. The van der Waals surface area contributed by atoms with Crippen molar-refractivity contribution in [2.75, 3.05) is 43.5 Å².